The van der Waals surface area contributed by atoms with Crippen LogP contribution in [0.15, 0.2) is 78.9 Å². The number of ether oxygens (including phenoxy) is 1. The molecule has 0 spiro atoms. The Morgan fingerprint density at radius 1 is 0.812 bits per heavy atom. The quantitative estimate of drug-likeness (QED) is 0.257. The van der Waals surface area contributed by atoms with E-state index >= 15 is 4.39 Å². The molecule has 7 nitrogen and oxygen atoms in total. The van der Waals surface area contributed by atoms with Crippen molar-refractivity contribution in [3.63, 3.8) is 0 Å². The highest BCUT2D eigenvalue weighted by atomic mass is 19.1. The largest absolute Gasteiger partial charge is 0.508 e. The van der Waals surface area contributed by atoms with Gasteiger partial charge in [0.1, 0.15) is 23.1 Å². The predicted molar refractivity (Wildman–Crippen MR) is 182 cm³/mol. The average molecular weight is 651 g/mol. The lowest BCUT2D eigenvalue weighted by molar-refractivity contribution is 0.0965. The van der Waals surface area contributed by atoms with Gasteiger partial charge in [0.2, 0.25) is 0 Å². The number of fused-ring (bicyclic) bond motifs is 2. The van der Waals surface area contributed by atoms with Crippen molar-refractivity contribution in [2.45, 2.75) is 31.2 Å². The molecule has 0 bridgehead atoms. The summed E-state index contributed by atoms with van der Waals surface area (Å²) in [6, 6.07) is 23.3. The van der Waals surface area contributed by atoms with E-state index in [0.717, 1.165) is 86.5 Å². The fourth-order valence-electron chi connectivity index (χ4n) is 8.11. The van der Waals surface area contributed by atoms with Gasteiger partial charge in [-0.2, -0.15) is 0 Å². The number of anilines is 2. The minimum atomic E-state index is -0.303. The van der Waals surface area contributed by atoms with Crippen LogP contribution in [0.3, 0.4) is 0 Å². The van der Waals surface area contributed by atoms with E-state index in [1.165, 1.54) is 17.8 Å². The van der Waals surface area contributed by atoms with Gasteiger partial charge in [-0.1, -0.05) is 24.3 Å². The maximum absolute atomic E-state index is 16.0. The second-order valence-corrected chi connectivity index (χ2v) is 13.6. The lowest BCUT2D eigenvalue weighted by Gasteiger charge is -2.40. The molecular formula is C39H40F2N4O3. The molecule has 0 radical (unpaired) electrons. The highest BCUT2D eigenvalue weighted by molar-refractivity contribution is 5.98. The normalized spacial score (nSPS) is 21.4. The third-order valence-electron chi connectivity index (χ3n) is 10.8. The summed E-state index contributed by atoms with van der Waals surface area (Å²) >= 11 is 0. The molecular weight excluding hydrogens is 610 g/mol. The number of amides is 1. The molecule has 2 N–H and O–H groups in total. The molecule has 4 heterocycles. The molecule has 2 fully saturated rings. The standard InChI is InChI=1S/C39H40F2N4O3/c40-29-4-1-26(2-5-29)34-24-48-37-21-31(46)7-9-33(37)38(34)27-3-10-36(35(41)20-27)45-13-11-25(12-14-45)23-43-15-17-44(18-16-43)30-6-8-32-28(19-30)22-42-39(32)47/h1-10,19-21,25,34,38,46H,11-18,22-24H2,(H,42,47). The number of rotatable bonds is 6. The fourth-order valence-corrected chi connectivity index (χ4v) is 8.11. The van der Waals surface area contributed by atoms with Gasteiger partial charge in [0.25, 0.3) is 5.91 Å². The second-order valence-electron chi connectivity index (χ2n) is 13.6. The van der Waals surface area contributed by atoms with Gasteiger partial charge < -0.3 is 25.0 Å². The molecule has 4 aliphatic heterocycles. The molecule has 1 amide bonds. The summed E-state index contributed by atoms with van der Waals surface area (Å²) in [5, 5.41) is 13.0. The Kier molecular flexibility index (Phi) is 8.16. The van der Waals surface area contributed by atoms with Crippen LogP contribution in [0.2, 0.25) is 0 Å². The molecule has 248 valence electrons. The number of aromatic hydroxyl groups is 1. The number of nitrogens with one attached hydrogen (secondary N) is 1. The molecule has 0 aliphatic carbocycles. The van der Waals surface area contributed by atoms with Crippen LogP contribution in [0, 0.1) is 17.6 Å². The number of halogens is 2. The Hall–Kier alpha value is -4.63. The van der Waals surface area contributed by atoms with Crippen molar-refractivity contribution in [1.82, 2.24) is 10.2 Å². The van der Waals surface area contributed by atoms with Crippen LogP contribution in [0.25, 0.3) is 0 Å². The highest BCUT2D eigenvalue weighted by Crippen LogP contribution is 2.47. The maximum Gasteiger partial charge on any atom is 0.251 e. The first-order valence-electron chi connectivity index (χ1n) is 17.0. The van der Waals surface area contributed by atoms with Gasteiger partial charge in [-0.25, -0.2) is 8.78 Å². The zero-order valence-corrected chi connectivity index (χ0v) is 26.9. The SMILES string of the molecule is O=C1NCc2cc(N3CCN(CC4CCN(c5ccc(C6c7ccc(O)cc7OCC6c6ccc(F)cc6)cc5F)CC4)CC3)ccc21. The van der Waals surface area contributed by atoms with Crippen molar-refractivity contribution in [3.05, 3.63) is 118 Å². The van der Waals surface area contributed by atoms with Gasteiger partial charge in [0.05, 0.1) is 12.3 Å². The van der Waals surface area contributed by atoms with Gasteiger partial charge in [0, 0.05) is 87.1 Å². The first-order chi connectivity index (χ1) is 23.4. The summed E-state index contributed by atoms with van der Waals surface area (Å²) in [5.41, 5.74) is 6.34. The van der Waals surface area contributed by atoms with Crippen molar-refractivity contribution in [1.29, 1.82) is 0 Å². The molecule has 4 aromatic rings. The number of carbonyl (C=O) groups excluding carboxylic acids is 1. The molecule has 2 saturated heterocycles. The summed E-state index contributed by atoms with van der Waals surface area (Å²) in [7, 11) is 0. The number of benzene rings is 4. The molecule has 48 heavy (non-hydrogen) atoms. The van der Waals surface area contributed by atoms with E-state index in [-0.39, 0.29) is 35.1 Å². The first kappa shape index (κ1) is 30.7. The van der Waals surface area contributed by atoms with Gasteiger partial charge >= 0.3 is 0 Å². The molecule has 9 heteroatoms. The van der Waals surface area contributed by atoms with Gasteiger partial charge in [-0.05, 0) is 84.0 Å². The van der Waals surface area contributed by atoms with Crippen LogP contribution in [0.1, 0.15) is 57.3 Å². The van der Waals surface area contributed by atoms with E-state index in [1.807, 2.05) is 24.3 Å². The van der Waals surface area contributed by atoms with E-state index < -0.39 is 0 Å². The number of piperazine rings is 1. The molecule has 0 saturated carbocycles. The summed E-state index contributed by atoms with van der Waals surface area (Å²) < 4.78 is 35.8. The first-order valence-corrected chi connectivity index (χ1v) is 17.0. The summed E-state index contributed by atoms with van der Waals surface area (Å²) in [5.74, 6) is 0.422. The van der Waals surface area contributed by atoms with Crippen molar-refractivity contribution < 1.29 is 23.4 Å². The third-order valence-corrected chi connectivity index (χ3v) is 10.8. The molecule has 0 aromatic heterocycles. The average Bonchev–Trinajstić information content (AvgIpc) is 3.48. The van der Waals surface area contributed by atoms with Gasteiger partial charge in [-0.3, -0.25) is 9.69 Å². The Morgan fingerprint density at radius 3 is 2.35 bits per heavy atom. The number of hydrogen-bond donors (Lipinski definition) is 2. The zero-order valence-electron chi connectivity index (χ0n) is 26.9. The van der Waals surface area contributed by atoms with Crippen LogP contribution in [0.5, 0.6) is 11.5 Å². The number of nitrogens with zero attached hydrogens (tertiary/aromatic N) is 3. The van der Waals surface area contributed by atoms with Crippen LogP contribution in [-0.2, 0) is 6.54 Å². The van der Waals surface area contributed by atoms with Gasteiger partial charge in [0.15, 0.2) is 0 Å². The minimum absolute atomic E-state index is 0.0209. The van der Waals surface area contributed by atoms with E-state index in [4.69, 9.17) is 4.74 Å². The van der Waals surface area contributed by atoms with Crippen LogP contribution < -0.4 is 19.9 Å². The summed E-state index contributed by atoms with van der Waals surface area (Å²) in [6.07, 6.45) is 2.05. The van der Waals surface area contributed by atoms with Crippen molar-refractivity contribution >= 4 is 17.3 Å². The fraction of sp³-hybridized carbons (Fsp3) is 0.359. The topological polar surface area (TPSA) is 68.3 Å². The lowest BCUT2D eigenvalue weighted by Crippen LogP contribution is -2.49. The lowest BCUT2D eigenvalue weighted by atomic mass is 9.75. The number of piperidine rings is 1. The molecule has 2 atom stereocenters. The van der Waals surface area contributed by atoms with E-state index in [0.29, 0.717) is 30.5 Å². The Balaban J connectivity index is 0.903. The van der Waals surface area contributed by atoms with E-state index in [9.17, 15) is 14.3 Å². The Labute approximate surface area is 279 Å². The van der Waals surface area contributed by atoms with Crippen molar-refractivity contribution in [2.24, 2.45) is 5.92 Å². The maximum atomic E-state index is 16.0. The van der Waals surface area contributed by atoms with Crippen LogP contribution in [0.4, 0.5) is 20.2 Å². The Bertz CT molecular complexity index is 1820. The highest BCUT2D eigenvalue weighted by Gasteiger charge is 2.35. The Morgan fingerprint density at radius 2 is 1.58 bits per heavy atom. The predicted octanol–water partition coefficient (Wildman–Crippen LogP) is 6.26. The third kappa shape index (κ3) is 5.96. The number of phenols is 1. The summed E-state index contributed by atoms with van der Waals surface area (Å²) in [4.78, 5) is 19.1. The molecule has 4 aliphatic rings. The second kappa shape index (κ2) is 12.8. The number of hydrogen-bond acceptors (Lipinski definition) is 6. The van der Waals surface area contributed by atoms with Crippen molar-refractivity contribution in [2.75, 3.05) is 62.2 Å². The van der Waals surface area contributed by atoms with Crippen LogP contribution in [-0.4, -0.2) is 68.3 Å². The molecule has 4 aromatic carbocycles. The number of phenolic OH excluding ortho intramolecular Hbond substituents is 1. The molecule has 8 rings (SSSR count). The van der Waals surface area contributed by atoms with E-state index in [1.54, 1.807) is 30.3 Å². The van der Waals surface area contributed by atoms with E-state index in [2.05, 4.69) is 32.1 Å². The van der Waals surface area contributed by atoms with Crippen LogP contribution >= 0.6 is 0 Å². The summed E-state index contributed by atoms with van der Waals surface area (Å²) in [6.45, 7) is 7.62. The number of carbonyl (C=O) groups is 1. The van der Waals surface area contributed by atoms with Crippen molar-refractivity contribution in [3.8, 4) is 11.5 Å². The monoisotopic (exact) mass is 650 g/mol. The minimum Gasteiger partial charge on any atom is -0.508 e. The zero-order chi connectivity index (χ0) is 32.8. The smallest absolute Gasteiger partial charge is 0.251 e. The van der Waals surface area contributed by atoms with Gasteiger partial charge in [-0.15, -0.1) is 0 Å². The molecule has 2 unspecified atom stereocenters.